The summed E-state index contributed by atoms with van der Waals surface area (Å²) >= 11 is 0. The molecule has 0 radical (unpaired) electrons. The number of fused-ring (bicyclic) bond motifs is 3. The van der Waals surface area contributed by atoms with Gasteiger partial charge in [-0.25, -0.2) is 9.78 Å². The molecule has 3 aromatic rings. The molecule has 31 heavy (non-hydrogen) atoms. The van der Waals surface area contributed by atoms with Crippen molar-refractivity contribution < 1.29 is 4.79 Å². The Balaban J connectivity index is 1.92. The Kier molecular flexibility index (Phi) is 5.34. The number of amides is 1. The van der Waals surface area contributed by atoms with Gasteiger partial charge in [0.05, 0.1) is 28.7 Å². The van der Waals surface area contributed by atoms with Crippen LogP contribution in [0.4, 0.5) is 0 Å². The molecule has 6 N–H and O–H groups in total. The summed E-state index contributed by atoms with van der Waals surface area (Å²) in [7, 11) is 0. The highest BCUT2D eigenvalue weighted by Crippen LogP contribution is 2.27. The second-order valence-electron chi connectivity index (χ2n) is 7.45. The largest absolute Gasteiger partial charge is 0.404 e. The lowest BCUT2D eigenvalue weighted by molar-refractivity contribution is -0.119. The number of carbonyl (C=O) groups is 1. The van der Waals surface area contributed by atoms with Gasteiger partial charge < -0.3 is 16.9 Å². The average Bonchev–Trinajstić information content (AvgIpc) is 2.75. The Morgan fingerprint density at radius 3 is 2.68 bits per heavy atom. The quantitative estimate of drug-likeness (QED) is 0.322. The first-order chi connectivity index (χ1) is 14.9. The van der Waals surface area contributed by atoms with Gasteiger partial charge >= 0.3 is 5.69 Å². The first-order valence-corrected chi connectivity index (χ1v) is 9.80. The molecule has 0 unspecified atom stereocenters. The number of H-pyrrole nitrogens is 1. The molecular formula is C20H22N8O3. The van der Waals surface area contributed by atoms with E-state index in [1.54, 1.807) is 16.7 Å². The molecule has 4 rings (SSSR count). The molecule has 0 saturated carbocycles. The third-order valence-electron chi connectivity index (χ3n) is 5.54. The third kappa shape index (κ3) is 3.70. The van der Waals surface area contributed by atoms with Gasteiger partial charge in [-0.05, 0) is 25.0 Å². The van der Waals surface area contributed by atoms with Crippen molar-refractivity contribution in [3.05, 3.63) is 51.1 Å². The van der Waals surface area contributed by atoms with Crippen molar-refractivity contribution in [2.24, 2.45) is 11.5 Å². The molecule has 0 aliphatic carbocycles. The first-order valence-electron chi connectivity index (χ1n) is 9.80. The average molecular weight is 422 g/mol. The van der Waals surface area contributed by atoms with Gasteiger partial charge in [0, 0.05) is 43.3 Å². The van der Waals surface area contributed by atoms with Crippen LogP contribution in [0.25, 0.3) is 27.5 Å². The predicted octanol–water partition coefficient (Wildman–Crippen LogP) is -0.296. The van der Waals surface area contributed by atoms with Crippen LogP contribution in [0.3, 0.4) is 0 Å². The van der Waals surface area contributed by atoms with Crippen LogP contribution < -0.4 is 22.7 Å². The highest BCUT2D eigenvalue weighted by atomic mass is 16.2. The van der Waals surface area contributed by atoms with Crippen molar-refractivity contribution in [2.75, 3.05) is 19.6 Å². The van der Waals surface area contributed by atoms with Crippen LogP contribution in [0.2, 0.25) is 0 Å². The number of piperidine rings is 1. The lowest BCUT2D eigenvalue weighted by atomic mass is 10.0. The van der Waals surface area contributed by atoms with Gasteiger partial charge in [-0.1, -0.05) is 0 Å². The first kappa shape index (κ1) is 20.4. The fraction of sp³-hybridized carbons (Fsp3) is 0.300. The number of aromatic amines is 1. The number of hydrogen-bond acceptors (Lipinski definition) is 8. The zero-order valence-corrected chi connectivity index (χ0v) is 16.7. The number of rotatable bonds is 5. The summed E-state index contributed by atoms with van der Waals surface area (Å²) < 4.78 is 1.56. The molecule has 11 heteroatoms. The van der Waals surface area contributed by atoms with Crippen LogP contribution >= 0.6 is 0 Å². The molecule has 1 aliphatic heterocycles. The number of carbonyl (C=O) groups excluding carboxylic acids is 1. The Labute approximate surface area is 175 Å². The van der Waals surface area contributed by atoms with Gasteiger partial charge in [0.2, 0.25) is 5.91 Å². The molecule has 160 valence electrons. The maximum atomic E-state index is 12.9. The van der Waals surface area contributed by atoms with Crippen molar-refractivity contribution in [2.45, 2.75) is 18.9 Å². The van der Waals surface area contributed by atoms with E-state index < -0.39 is 17.2 Å². The van der Waals surface area contributed by atoms with Gasteiger partial charge in [0.25, 0.3) is 5.56 Å². The lowest BCUT2D eigenvalue weighted by Crippen LogP contribution is -2.42. The van der Waals surface area contributed by atoms with Gasteiger partial charge in [-0.2, -0.15) is 0 Å². The summed E-state index contributed by atoms with van der Waals surface area (Å²) in [6, 6.07) is 3.21. The lowest BCUT2D eigenvalue weighted by Gasteiger charge is -2.32. The van der Waals surface area contributed by atoms with E-state index in [4.69, 9.17) is 16.9 Å². The van der Waals surface area contributed by atoms with E-state index in [1.165, 1.54) is 12.4 Å². The zero-order chi connectivity index (χ0) is 22.1. The fourth-order valence-corrected chi connectivity index (χ4v) is 4.06. The maximum absolute atomic E-state index is 12.9. The second-order valence-corrected chi connectivity index (χ2v) is 7.45. The topological polar surface area (TPSA) is 177 Å². The molecule has 1 aliphatic rings. The summed E-state index contributed by atoms with van der Waals surface area (Å²) in [6.07, 6.45) is 5.00. The SMILES string of the molecule is N=C/C(=C\N)c1ccc2ncc3c(=O)[nH]c(=O)n(C4CCN(CC(N)=O)CC4)c3c2n1. The Hall–Kier alpha value is -3.86. The molecule has 0 atom stereocenters. The van der Waals surface area contributed by atoms with Crippen LogP contribution in [0.1, 0.15) is 24.6 Å². The van der Waals surface area contributed by atoms with Crippen molar-refractivity contribution in [1.29, 1.82) is 5.41 Å². The number of likely N-dealkylation sites (tertiary alicyclic amines) is 1. The monoisotopic (exact) mass is 422 g/mol. The molecule has 0 bridgehead atoms. The minimum absolute atomic E-state index is 0.170. The second kappa shape index (κ2) is 8.11. The van der Waals surface area contributed by atoms with Crippen LogP contribution in [0, 0.1) is 5.41 Å². The van der Waals surface area contributed by atoms with E-state index in [-0.39, 0.29) is 18.0 Å². The van der Waals surface area contributed by atoms with Crippen molar-refractivity contribution in [3.63, 3.8) is 0 Å². The summed E-state index contributed by atoms with van der Waals surface area (Å²) in [5, 5.41) is 7.78. The van der Waals surface area contributed by atoms with Crippen LogP contribution in [-0.4, -0.2) is 56.2 Å². The van der Waals surface area contributed by atoms with E-state index in [2.05, 4.69) is 15.0 Å². The molecule has 1 saturated heterocycles. The standard InChI is InChI=1S/C20H22N8O3/c21-7-11(8-22)14-1-2-15-17(25-14)18-13(9-24-15)19(30)26-20(31)28(18)12-3-5-27(6-4-12)10-16(23)29/h1-2,7-9,12,21H,3-6,10,22H2,(H2,23,29)(H,26,30,31)/b11-8+,21-7?. The maximum Gasteiger partial charge on any atom is 0.329 e. The molecule has 0 spiro atoms. The number of nitrogens with two attached hydrogens (primary N) is 2. The summed E-state index contributed by atoms with van der Waals surface area (Å²) in [6.45, 7) is 1.36. The van der Waals surface area contributed by atoms with Crippen molar-refractivity contribution in [3.8, 4) is 0 Å². The molecule has 1 fully saturated rings. The van der Waals surface area contributed by atoms with Crippen LogP contribution in [-0.2, 0) is 4.79 Å². The Morgan fingerprint density at radius 2 is 2.03 bits per heavy atom. The van der Waals surface area contributed by atoms with Crippen molar-refractivity contribution in [1.82, 2.24) is 24.4 Å². The van der Waals surface area contributed by atoms with Gasteiger partial charge in [0.1, 0.15) is 5.52 Å². The van der Waals surface area contributed by atoms with Crippen LogP contribution in [0.15, 0.2) is 34.1 Å². The van der Waals surface area contributed by atoms with Gasteiger partial charge in [-0.15, -0.1) is 0 Å². The van der Waals surface area contributed by atoms with E-state index in [9.17, 15) is 14.4 Å². The van der Waals surface area contributed by atoms with Gasteiger partial charge in [0.15, 0.2) is 0 Å². The van der Waals surface area contributed by atoms with E-state index in [0.717, 1.165) is 6.21 Å². The Bertz CT molecular complexity index is 1330. The number of nitrogens with zero attached hydrogens (tertiary/aromatic N) is 4. The summed E-state index contributed by atoms with van der Waals surface area (Å²) in [5.41, 5.74) is 12.0. The molecule has 4 heterocycles. The number of hydrogen-bond donors (Lipinski definition) is 4. The van der Waals surface area contributed by atoms with E-state index in [1.807, 2.05) is 4.90 Å². The third-order valence-corrected chi connectivity index (χ3v) is 5.54. The minimum atomic E-state index is -0.536. The summed E-state index contributed by atoms with van der Waals surface area (Å²) in [5.74, 6) is -0.395. The summed E-state index contributed by atoms with van der Waals surface area (Å²) in [4.78, 5) is 49.8. The number of primary amides is 1. The number of pyridine rings is 2. The molecular weight excluding hydrogens is 400 g/mol. The molecule has 1 amide bonds. The number of nitrogens with one attached hydrogen (secondary N) is 2. The number of aromatic nitrogens is 4. The highest BCUT2D eigenvalue weighted by molar-refractivity contribution is 6.09. The molecule has 11 nitrogen and oxygen atoms in total. The fourth-order valence-electron chi connectivity index (χ4n) is 4.06. The molecule has 3 aromatic heterocycles. The van der Waals surface area contributed by atoms with Gasteiger partial charge in [-0.3, -0.25) is 29.0 Å². The van der Waals surface area contributed by atoms with Crippen LogP contribution in [0.5, 0.6) is 0 Å². The smallest absolute Gasteiger partial charge is 0.329 e. The highest BCUT2D eigenvalue weighted by Gasteiger charge is 2.25. The zero-order valence-electron chi connectivity index (χ0n) is 16.7. The number of allylic oxidation sites excluding steroid dienone is 1. The predicted molar refractivity (Wildman–Crippen MR) is 117 cm³/mol. The normalized spacial score (nSPS) is 16.1. The Morgan fingerprint density at radius 1 is 1.29 bits per heavy atom. The van der Waals surface area contributed by atoms with E-state index >= 15 is 0 Å². The minimum Gasteiger partial charge on any atom is -0.404 e. The van der Waals surface area contributed by atoms with E-state index in [0.29, 0.717) is 53.7 Å². The van der Waals surface area contributed by atoms with Crippen molar-refractivity contribution >= 4 is 39.6 Å². The molecule has 0 aromatic carbocycles.